The molecule has 8 nitrogen and oxygen atoms in total. The zero-order valence-corrected chi connectivity index (χ0v) is 21.5. The lowest BCUT2D eigenvalue weighted by Gasteiger charge is -2.34. The van der Waals surface area contributed by atoms with Gasteiger partial charge in [-0.1, -0.05) is 42.3 Å². The molecule has 1 heterocycles. The number of sulfone groups is 1. The van der Waals surface area contributed by atoms with Crippen LogP contribution in [0.3, 0.4) is 0 Å². The number of carboxylic acids is 1. The molecule has 1 unspecified atom stereocenters. The van der Waals surface area contributed by atoms with Crippen molar-refractivity contribution in [2.45, 2.75) is 42.9 Å². The number of carbonyl (C=O) groups excluding carboxylic acids is 2. The smallest absolute Gasteiger partial charge is 0.251 e. The summed E-state index contributed by atoms with van der Waals surface area (Å²) in [5, 5.41) is 13.9. The Morgan fingerprint density at radius 3 is 2.31 bits per heavy atom. The highest BCUT2D eigenvalue weighted by Crippen LogP contribution is 2.44. The number of benzene rings is 2. The highest BCUT2D eigenvalue weighted by Gasteiger charge is 2.35. The molecule has 0 spiro atoms. The molecule has 1 aliphatic rings. The van der Waals surface area contributed by atoms with Gasteiger partial charge in [0.2, 0.25) is 5.91 Å². The van der Waals surface area contributed by atoms with Crippen LogP contribution in [0.5, 0.6) is 0 Å². The van der Waals surface area contributed by atoms with Gasteiger partial charge in [-0.2, -0.15) is 0 Å². The lowest BCUT2D eigenvalue weighted by molar-refractivity contribution is -0.306. The van der Waals surface area contributed by atoms with Crippen LogP contribution in [0.15, 0.2) is 35.2 Å². The number of nitrogen functional groups attached to an aromatic ring is 1. The molecule has 13 heteroatoms. The Balaban J connectivity index is 1.88. The van der Waals surface area contributed by atoms with Crippen LogP contribution in [0.4, 0.5) is 25.8 Å². The molecule has 196 valence electrons. The van der Waals surface area contributed by atoms with Gasteiger partial charge < -0.3 is 25.9 Å². The number of carboxylic acid groups (broad SMARTS) is 1. The minimum Gasteiger partial charge on any atom is -0.550 e. The third-order valence-corrected chi connectivity index (χ3v) is 8.43. The standard InChI is InChI=1S/C23H25Cl2F2N3O5S/c1-2-36(34,35)14-5-3-13(4-6-14)15(11-18(31)32)22(33)29-17-12-16(24)21(19(25)20(17)28)30-9-7-23(26,27)8-10-30/h3-6,12,15H,2,7-11,28H2,1H3,(H,29,33)(H,31,32)/p-1. The van der Waals surface area contributed by atoms with Crippen LogP contribution in [0.1, 0.15) is 37.7 Å². The second-order valence-corrected chi connectivity index (χ2v) is 11.5. The number of amides is 1. The van der Waals surface area contributed by atoms with Gasteiger partial charge in [0.05, 0.1) is 43.7 Å². The Morgan fingerprint density at radius 1 is 1.19 bits per heavy atom. The van der Waals surface area contributed by atoms with Crippen molar-refractivity contribution in [3.8, 4) is 0 Å². The maximum atomic E-state index is 13.5. The van der Waals surface area contributed by atoms with Crippen LogP contribution in [0.25, 0.3) is 0 Å². The fourth-order valence-electron chi connectivity index (χ4n) is 3.90. The van der Waals surface area contributed by atoms with Crippen molar-refractivity contribution in [1.29, 1.82) is 0 Å². The van der Waals surface area contributed by atoms with Gasteiger partial charge in [-0.05, 0) is 23.8 Å². The average Bonchev–Trinajstić information content (AvgIpc) is 2.81. The van der Waals surface area contributed by atoms with Crippen LogP contribution in [-0.4, -0.2) is 45.1 Å². The van der Waals surface area contributed by atoms with Crippen LogP contribution in [-0.2, 0) is 19.4 Å². The fraction of sp³-hybridized carbons (Fsp3) is 0.391. The van der Waals surface area contributed by atoms with E-state index in [2.05, 4.69) is 5.32 Å². The van der Waals surface area contributed by atoms with E-state index in [4.69, 9.17) is 28.9 Å². The highest BCUT2D eigenvalue weighted by molar-refractivity contribution is 7.91. The topological polar surface area (TPSA) is 133 Å². The number of anilines is 3. The predicted molar refractivity (Wildman–Crippen MR) is 132 cm³/mol. The molecule has 0 bridgehead atoms. The summed E-state index contributed by atoms with van der Waals surface area (Å²) in [5.41, 5.74) is 6.56. The van der Waals surface area contributed by atoms with E-state index in [1.54, 1.807) is 4.90 Å². The summed E-state index contributed by atoms with van der Waals surface area (Å²) in [5.74, 6) is -6.40. The molecule has 0 aliphatic carbocycles. The second kappa shape index (κ2) is 10.8. The normalized spacial score (nSPS) is 16.4. The second-order valence-electron chi connectivity index (χ2n) is 8.42. The van der Waals surface area contributed by atoms with E-state index in [-0.39, 0.29) is 69.3 Å². The predicted octanol–water partition coefficient (Wildman–Crippen LogP) is 3.47. The molecule has 36 heavy (non-hydrogen) atoms. The number of alkyl halides is 2. The first-order chi connectivity index (χ1) is 16.8. The highest BCUT2D eigenvalue weighted by atomic mass is 35.5. The molecule has 3 N–H and O–H groups in total. The number of rotatable bonds is 8. The molecule has 1 fully saturated rings. The summed E-state index contributed by atoms with van der Waals surface area (Å²) in [7, 11) is -3.49. The van der Waals surface area contributed by atoms with E-state index in [1.807, 2.05) is 0 Å². The van der Waals surface area contributed by atoms with Crippen molar-refractivity contribution in [3.63, 3.8) is 0 Å². The van der Waals surface area contributed by atoms with Crippen molar-refractivity contribution in [3.05, 3.63) is 45.9 Å². The molecule has 0 radical (unpaired) electrons. The van der Waals surface area contributed by atoms with Gasteiger partial charge in [-0.3, -0.25) is 4.79 Å². The Kier molecular flexibility index (Phi) is 8.37. The monoisotopic (exact) mass is 562 g/mol. The Bertz CT molecular complexity index is 1260. The van der Waals surface area contributed by atoms with Gasteiger partial charge in [-0.15, -0.1) is 0 Å². The molecule has 0 saturated carbocycles. The third kappa shape index (κ3) is 6.19. The number of aliphatic carboxylic acids is 1. The number of halogens is 4. The first kappa shape index (κ1) is 27.9. The molecule has 2 aromatic carbocycles. The van der Waals surface area contributed by atoms with Crippen LogP contribution in [0, 0.1) is 0 Å². The van der Waals surface area contributed by atoms with Gasteiger partial charge in [-0.25, -0.2) is 17.2 Å². The number of nitrogens with two attached hydrogens (primary N) is 1. The van der Waals surface area contributed by atoms with Crippen molar-refractivity contribution < 1.29 is 31.9 Å². The quantitative estimate of drug-likeness (QED) is 0.470. The molecule has 1 aliphatic heterocycles. The molecule has 1 atom stereocenters. The summed E-state index contributed by atoms with van der Waals surface area (Å²) < 4.78 is 51.2. The molecule has 0 aromatic heterocycles. The SMILES string of the molecule is CCS(=O)(=O)c1ccc(C(CC(=O)[O-])C(=O)Nc2cc(Cl)c(N3CCC(F)(F)CC3)c(Cl)c2N)cc1. The minimum absolute atomic E-state index is 0.00891. The van der Waals surface area contributed by atoms with Crippen LogP contribution < -0.4 is 21.1 Å². The number of hydrogen-bond donors (Lipinski definition) is 2. The number of nitrogens with one attached hydrogen (secondary N) is 1. The van der Waals surface area contributed by atoms with Crippen LogP contribution >= 0.6 is 23.2 Å². The lowest BCUT2D eigenvalue weighted by Crippen LogP contribution is -2.39. The molecule has 3 rings (SSSR count). The number of carbonyl (C=O) groups is 2. The first-order valence-electron chi connectivity index (χ1n) is 11.0. The molecule has 1 saturated heterocycles. The minimum atomic E-state index is -3.49. The molecular weight excluding hydrogens is 539 g/mol. The summed E-state index contributed by atoms with van der Waals surface area (Å²) in [6.07, 6.45) is -1.43. The van der Waals surface area contributed by atoms with E-state index >= 15 is 0 Å². The Labute approximate surface area is 217 Å². The van der Waals surface area contributed by atoms with Crippen LogP contribution in [0.2, 0.25) is 10.0 Å². The van der Waals surface area contributed by atoms with Crippen molar-refractivity contribution in [2.24, 2.45) is 0 Å². The maximum Gasteiger partial charge on any atom is 0.251 e. The number of piperidine rings is 1. The summed E-state index contributed by atoms with van der Waals surface area (Å²) in [4.78, 5) is 26.0. The van der Waals surface area contributed by atoms with E-state index in [0.29, 0.717) is 0 Å². The van der Waals surface area contributed by atoms with Crippen molar-refractivity contribution in [2.75, 3.05) is 34.8 Å². The molecule has 2 aromatic rings. The Morgan fingerprint density at radius 2 is 1.78 bits per heavy atom. The largest absolute Gasteiger partial charge is 0.550 e. The summed E-state index contributed by atoms with van der Waals surface area (Å²) in [6.45, 7) is 1.51. The van der Waals surface area contributed by atoms with Crippen molar-refractivity contribution in [1.82, 2.24) is 0 Å². The third-order valence-electron chi connectivity index (χ3n) is 6.01. The van der Waals surface area contributed by atoms with E-state index in [9.17, 15) is 31.9 Å². The summed E-state index contributed by atoms with van der Waals surface area (Å²) in [6, 6.07) is 6.61. The van der Waals surface area contributed by atoms with E-state index < -0.39 is 40.0 Å². The first-order valence-corrected chi connectivity index (χ1v) is 13.4. The van der Waals surface area contributed by atoms with Gasteiger partial charge in [0.25, 0.3) is 5.92 Å². The number of hydrogen-bond acceptors (Lipinski definition) is 7. The fourth-order valence-corrected chi connectivity index (χ4v) is 5.48. The van der Waals surface area contributed by atoms with Gasteiger partial charge in [0.1, 0.15) is 0 Å². The zero-order valence-electron chi connectivity index (χ0n) is 19.2. The van der Waals surface area contributed by atoms with Gasteiger partial charge in [0, 0.05) is 38.3 Å². The number of nitrogens with zero attached hydrogens (tertiary/aromatic N) is 1. The molecule has 1 amide bonds. The summed E-state index contributed by atoms with van der Waals surface area (Å²) >= 11 is 12.8. The van der Waals surface area contributed by atoms with E-state index in [1.165, 1.54) is 37.3 Å². The Hall–Kier alpha value is -2.63. The lowest BCUT2D eigenvalue weighted by atomic mass is 9.94. The molecular formula is C23H24Cl2F2N3O5S-. The zero-order chi connectivity index (χ0) is 26.8. The average molecular weight is 563 g/mol. The maximum absolute atomic E-state index is 13.5. The van der Waals surface area contributed by atoms with Crippen molar-refractivity contribution >= 4 is 62.0 Å². The van der Waals surface area contributed by atoms with Gasteiger partial charge >= 0.3 is 0 Å². The van der Waals surface area contributed by atoms with Gasteiger partial charge in [0.15, 0.2) is 9.84 Å². The van der Waals surface area contributed by atoms with E-state index in [0.717, 1.165) is 0 Å².